The first kappa shape index (κ1) is 17.3. The van der Waals surface area contributed by atoms with E-state index in [2.05, 4.69) is 20.5 Å². The fourth-order valence-electron chi connectivity index (χ4n) is 3.00. The molecule has 0 aliphatic carbocycles. The first-order valence-corrected chi connectivity index (χ1v) is 8.63. The second kappa shape index (κ2) is 6.89. The molecule has 2 aromatic carbocycles. The van der Waals surface area contributed by atoms with Crippen molar-refractivity contribution in [3.05, 3.63) is 76.5 Å². The summed E-state index contributed by atoms with van der Waals surface area (Å²) in [7, 11) is 1.79. The lowest BCUT2D eigenvalue weighted by Crippen LogP contribution is -2.20. The molecular formula is C20H17N7O. The number of imidazole rings is 1. The van der Waals surface area contributed by atoms with Gasteiger partial charge in [-0.2, -0.15) is 10.4 Å². The van der Waals surface area contributed by atoms with Crippen LogP contribution in [-0.2, 0) is 7.05 Å². The Bertz CT molecular complexity index is 1250. The molecule has 0 spiro atoms. The van der Waals surface area contributed by atoms with Crippen molar-refractivity contribution >= 4 is 22.4 Å². The molecule has 0 aliphatic rings. The standard InChI is InChI=1S/C20H17N7O/c1-13-18(20(28)27(26(13)2)14-8-4-3-5-9-14)25-24-17(12-21)19-22-15-10-6-7-11-16(15)23-19/h3-11,25H,1-2H3,(H,22,23)/b24-17+. The van der Waals surface area contributed by atoms with Crippen LogP contribution in [0.1, 0.15) is 11.5 Å². The second-order valence-corrected chi connectivity index (χ2v) is 6.22. The zero-order valence-corrected chi connectivity index (χ0v) is 15.3. The Morgan fingerprint density at radius 3 is 2.61 bits per heavy atom. The van der Waals surface area contributed by atoms with Gasteiger partial charge in [-0.15, -0.1) is 0 Å². The van der Waals surface area contributed by atoms with Gasteiger partial charge in [0.25, 0.3) is 5.56 Å². The van der Waals surface area contributed by atoms with E-state index in [1.165, 1.54) is 0 Å². The van der Waals surface area contributed by atoms with Gasteiger partial charge in [0.05, 0.1) is 22.4 Å². The van der Waals surface area contributed by atoms with E-state index in [4.69, 9.17) is 0 Å². The van der Waals surface area contributed by atoms with Crippen LogP contribution in [0.4, 0.5) is 5.69 Å². The number of nitriles is 1. The van der Waals surface area contributed by atoms with E-state index in [0.29, 0.717) is 17.2 Å². The van der Waals surface area contributed by atoms with Gasteiger partial charge in [0.15, 0.2) is 5.82 Å². The zero-order valence-electron chi connectivity index (χ0n) is 15.3. The average Bonchev–Trinajstić information content (AvgIpc) is 3.23. The number of hydrogen-bond donors (Lipinski definition) is 2. The van der Waals surface area contributed by atoms with E-state index >= 15 is 0 Å². The molecule has 2 N–H and O–H groups in total. The molecule has 0 fully saturated rings. The lowest BCUT2D eigenvalue weighted by molar-refractivity contribution is 0.630. The molecule has 2 aromatic heterocycles. The molecule has 0 bridgehead atoms. The lowest BCUT2D eigenvalue weighted by Gasteiger charge is -2.07. The maximum atomic E-state index is 12.9. The van der Waals surface area contributed by atoms with Crippen molar-refractivity contribution in [1.29, 1.82) is 5.26 Å². The quantitative estimate of drug-likeness (QED) is 0.425. The van der Waals surface area contributed by atoms with Gasteiger partial charge in [0.2, 0.25) is 5.71 Å². The van der Waals surface area contributed by atoms with Crippen molar-refractivity contribution in [3.63, 3.8) is 0 Å². The molecule has 0 aliphatic heterocycles. The van der Waals surface area contributed by atoms with Crippen LogP contribution in [0.15, 0.2) is 64.5 Å². The largest absolute Gasteiger partial charge is 0.336 e. The van der Waals surface area contributed by atoms with Crippen molar-refractivity contribution in [1.82, 2.24) is 19.3 Å². The topological polar surface area (TPSA) is 104 Å². The Morgan fingerprint density at radius 1 is 1.18 bits per heavy atom. The second-order valence-electron chi connectivity index (χ2n) is 6.22. The Kier molecular flexibility index (Phi) is 4.26. The highest BCUT2D eigenvalue weighted by Gasteiger charge is 2.16. The van der Waals surface area contributed by atoms with E-state index in [1.54, 1.807) is 16.4 Å². The molecule has 0 amide bonds. The van der Waals surface area contributed by atoms with Crippen molar-refractivity contribution in [3.8, 4) is 11.8 Å². The van der Waals surface area contributed by atoms with E-state index in [1.807, 2.05) is 67.6 Å². The summed E-state index contributed by atoms with van der Waals surface area (Å²) in [4.78, 5) is 20.3. The molecule has 0 atom stereocenters. The predicted molar refractivity (Wildman–Crippen MR) is 108 cm³/mol. The Balaban J connectivity index is 1.72. The van der Waals surface area contributed by atoms with Gasteiger partial charge in [-0.3, -0.25) is 14.9 Å². The summed E-state index contributed by atoms with van der Waals surface area (Å²) in [6, 6.07) is 18.8. The third kappa shape index (κ3) is 2.85. The van der Waals surface area contributed by atoms with Crippen LogP contribution in [0.3, 0.4) is 0 Å². The summed E-state index contributed by atoms with van der Waals surface area (Å²) in [5.41, 5.74) is 5.85. The SMILES string of the molecule is Cc1c(N/N=C(\C#N)c2nc3ccccc3[nH]2)c(=O)n(-c2ccccc2)n1C. The van der Waals surface area contributed by atoms with Crippen LogP contribution in [0.2, 0.25) is 0 Å². The maximum absolute atomic E-state index is 12.9. The predicted octanol–water partition coefficient (Wildman–Crippen LogP) is 2.70. The number of aromatic nitrogens is 4. The first-order chi connectivity index (χ1) is 13.6. The number of fused-ring (bicyclic) bond motifs is 1. The first-order valence-electron chi connectivity index (χ1n) is 8.63. The molecule has 0 radical (unpaired) electrons. The maximum Gasteiger partial charge on any atom is 0.296 e. The number of anilines is 1. The number of nitrogens with zero attached hydrogens (tertiary/aromatic N) is 5. The monoisotopic (exact) mass is 371 g/mol. The van der Waals surface area contributed by atoms with Crippen molar-refractivity contribution in [2.24, 2.45) is 12.1 Å². The lowest BCUT2D eigenvalue weighted by atomic mass is 10.3. The highest BCUT2D eigenvalue weighted by Crippen LogP contribution is 2.15. The number of hydrogen-bond acceptors (Lipinski definition) is 5. The van der Waals surface area contributed by atoms with Gasteiger partial charge in [-0.25, -0.2) is 9.67 Å². The molecule has 0 saturated carbocycles. The minimum Gasteiger partial charge on any atom is -0.336 e. The fourth-order valence-corrected chi connectivity index (χ4v) is 3.00. The molecule has 138 valence electrons. The normalized spacial score (nSPS) is 11.5. The van der Waals surface area contributed by atoms with Crippen molar-refractivity contribution in [2.45, 2.75) is 6.92 Å². The minimum absolute atomic E-state index is 0.0603. The van der Waals surface area contributed by atoms with Crippen LogP contribution in [0.25, 0.3) is 16.7 Å². The number of benzene rings is 2. The van der Waals surface area contributed by atoms with Crippen molar-refractivity contribution < 1.29 is 0 Å². The van der Waals surface area contributed by atoms with Crippen LogP contribution in [-0.4, -0.2) is 25.0 Å². The number of hydrazone groups is 1. The van der Waals surface area contributed by atoms with Gasteiger partial charge < -0.3 is 4.98 Å². The molecule has 2 heterocycles. The molecule has 28 heavy (non-hydrogen) atoms. The summed E-state index contributed by atoms with van der Waals surface area (Å²) in [5.74, 6) is 0.341. The highest BCUT2D eigenvalue weighted by atomic mass is 16.1. The van der Waals surface area contributed by atoms with Gasteiger partial charge in [0, 0.05) is 7.05 Å². The summed E-state index contributed by atoms with van der Waals surface area (Å²) in [5, 5.41) is 13.6. The van der Waals surface area contributed by atoms with Crippen LogP contribution < -0.4 is 11.0 Å². The fraction of sp³-hybridized carbons (Fsp3) is 0.100. The Hall–Kier alpha value is -4.12. The summed E-state index contributed by atoms with van der Waals surface area (Å²) in [6.07, 6.45) is 0. The van der Waals surface area contributed by atoms with E-state index < -0.39 is 0 Å². The van der Waals surface area contributed by atoms with Crippen LogP contribution >= 0.6 is 0 Å². The molecule has 4 rings (SSSR count). The number of H-pyrrole nitrogens is 1. The minimum atomic E-state index is -0.253. The molecule has 4 aromatic rings. The summed E-state index contributed by atoms with van der Waals surface area (Å²) >= 11 is 0. The molecule has 0 unspecified atom stereocenters. The number of rotatable bonds is 4. The molecule has 8 heteroatoms. The molecule has 0 saturated heterocycles. The molecule has 8 nitrogen and oxygen atoms in total. The Labute approximate surface area is 160 Å². The zero-order chi connectivity index (χ0) is 19.7. The van der Waals surface area contributed by atoms with Crippen molar-refractivity contribution in [2.75, 3.05) is 5.43 Å². The summed E-state index contributed by atoms with van der Waals surface area (Å²) < 4.78 is 3.28. The van der Waals surface area contributed by atoms with E-state index in [9.17, 15) is 10.1 Å². The van der Waals surface area contributed by atoms with Crippen LogP contribution in [0, 0.1) is 18.3 Å². The van der Waals surface area contributed by atoms with Gasteiger partial charge >= 0.3 is 0 Å². The van der Waals surface area contributed by atoms with Gasteiger partial charge in [0.1, 0.15) is 11.8 Å². The highest BCUT2D eigenvalue weighted by molar-refractivity contribution is 6.10. The van der Waals surface area contributed by atoms with Crippen LogP contribution in [0.5, 0.6) is 0 Å². The summed E-state index contributed by atoms with van der Waals surface area (Å²) in [6.45, 7) is 1.81. The Morgan fingerprint density at radius 2 is 1.89 bits per heavy atom. The number of aromatic amines is 1. The average molecular weight is 371 g/mol. The smallest absolute Gasteiger partial charge is 0.296 e. The number of para-hydroxylation sites is 3. The van der Waals surface area contributed by atoms with E-state index in [-0.39, 0.29) is 11.3 Å². The molecular weight excluding hydrogens is 354 g/mol. The third-order valence-electron chi connectivity index (χ3n) is 4.55. The third-order valence-corrected chi connectivity index (χ3v) is 4.55. The number of nitrogens with one attached hydrogen (secondary N) is 2. The van der Waals surface area contributed by atoms with E-state index in [0.717, 1.165) is 16.7 Å². The van der Waals surface area contributed by atoms with Gasteiger partial charge in [-0.1, -0.05) is 30.3 Å². The van der Waals surface area contributed by atoms with Gasteiger partial charge in [-0.05, 0) is 31.2 Å².